The smallest absolute Gasteiger partial charge is 0.222 e. The molecule has 3 aromatic heterocycles. The number of aromatic nitrogens is 4. The molecule has 2 N–H and O–H groups in total. The summed E-state index contributed by atoms with van der Waals surface area (Å²) in [7, 11) is 1.78. The van der Waals surface area contributed by atoms with Gasteiger partial charge in [0.15, 0.2) is 0 Å². The minimum Gasteiger partial charge on any atom is -0.357 e. The average molecular weight is 376 g/mol. The Kier molecular flexibility index (Phi) is 4.99. The fraction of sp³-hybridized carbons (Fsp3) is 0.190. The Morgan fingerprint density at radius 3 is 2.64 bits per heavy atom. The normalized spacial score (nSPS) is 11.1. The molecule has 4 rings (SSSR count). The van der Waals surface area contributed by atoms with E-state index in [1.165, 1.54) is 12.1 Å². The maximum atomic E-state index is 13.4. The Balaban J connectivity index is 1.93. The summed E-state index contributed by atoms with van der Waals surface area (Å²) in [5.41, 5.74) is 5.13. The first-order valence-corrected chi connectivity index (χ1v) is 9.18. The highest BCUT2D eigenvalue weighted by Gasteiger charge is 2.18. The summed E-state index contributed by atoms with van der Waals surface area (Å²) in [6.45, 7) is 3.76. The highest BCUT2D eigenvalue weighted by Crippen LogP contribution is 2.32. The number of benzene rings is 1. The molecule has 0 spiro atoms. The van der Waals surface area contributed by atoms with Crippen molar-refractivity contribution in [3.8, 4) is 22.6 Å². The molecule has 0 saturated carbocycles. The summed E-state index contributed by atoms with van der Waals surface area (Å²) in [5.74, 6) is 0.253. The molecule has 0 bridgehead atoms. The van der Waals surface area contributed by atoms with Gasteiger partial charge in [0.1, 0.15) is 11.5 Å². The van der Waals surface area contributed by atoms with E-state index in [4.69, 9.17) is 4.98 Å². The molecule has 0 radical (unpaired) electrons. The van der Waals surface area contributed by atoms with Gasteiger partial charge in [-0.25, -0.2) is 19.3 Å². The van der Waals surface area contributed by atoms with Gasteiger partial charge in [-0.3, -0.25) is 4.40 Å². The molecule has 0 unspecified atom stereocenters. The van der Waals surface area contributed by atoms with Crippen molar-refractivity contribution in [2.24, 2.45) is 0 Å². The van der Waals surface area contributed by atoms with Crippen molar-refractivity contribution in [1.82, 2.24) is 24.7 Å². The number of anilines is 1. The van der Waals surface area contributed by atoms with E-state index in [2.05, 4.69) is 39.7 Å². The number of halogens is 1. The number of hydrogen-bond acceptors (Lipinski definition) is 5. The number of hydrogen-bond donors (Lipinski definition) is 2. The largest absolute Gasteiger partial charge is 0.357 e. The van der Waals surface area contributed by atoms with E-state index in [9.17, 15) is 4.39 Å². The van der Waals surface area contributed by atoms with Crippen LogP contribution in [0.1, 0.15) is 12.5 Å². The zero-order valence-electron chi connectivity index (χ0n) is 15.8. The van der Waals surface area contributed by atoms with Crippen LogP contribution in [-0.4, -0.2) is 32.9 Å². The highest BCUT2D eigenvalue weighted by atomic mass is 19.1. The van der Waals surface area contributed by atoms with E-state index >= 15 is 0 Å². The van der Waals surface area contributed by atoms with Crippen molar-refractivity contribution in [2.45, 2.75) is 13.5 Å². The number of nitrogens with zero attached hydrogens (tertiary/aromatic N) is 4. The van der Waals surface area contributed by atoms with Crippen molar-refractivity contribution >= 4 is 11.6 Å². The number of imidazole rings is 1. The van der Waals surface area contributed by atoms with Gasteiger partial charge < -0.3 is 10.6 Å². The van der Waals surface area contributed by atoms with Crippen LogP contribution in [0.4, 0.5) is 10.3 Å². The molecule has 6 nitrogen and oxygen atoms in total. The maximum absolute atomic E-state index is 13.4. The SMILES string of the molecule is CCNCc1ccn2c(-c3ccnc(NC)n3)c(-c3ccc(F)cc3)nc2c1. The van der Waals surface area contributed by atoms with Crippen LogP contribution in [0.15, 0.2) is 54.9 Å². The topological polar surface area (TPSA) is 67.1 Å². The molecule has 0 atom stereocenters. The fourth-order valence-electron chi connectivity index (χ4n) is 3.13. The zero-order valence-corrected chi connectivity index (χ0v) is 15.8. The van der Waals surface area contributed by atoms with Gasteiger partial charge >= 0.3 is 0 Å². The molecule has 0 aliphatic carbocycles. The lowest BCUT2D eigenvalue weighted by atomic mass is 10.1. The van der Waals surface area contributed by atoms with Crippen LogP contribution < -0.4 is 10.6 Å². The van der Waals surface area contributed by atoms with Gasteiger partial charge in [-0.1, -0.05) is 6.92 Å². The van der Waals surface area contributed by atoms with Crippen LogP contribution in [0.2, 0.25) is 0 Å². The molecule has 0 aliphatic heterocycles. The number of rotatable bonds is 6. The third-order valence-corrected chi connectivity index (χ3v) is 4.51. The van der Waals surface area contributed by atoms with Crippen molar-refractivity contribution in [3.05, 3.63) is 66.2 Å². The average Bonchev–Trinajstić information content (AvgIpc) is 3.11. The first-order chi connectivity index (χ1) is 13.7. The molecule has 0 fully saturated rings. The Labute approximate surface area is 162 Å². The second-order valence-electron chi connectivity index (χ2n) is 6.37. The fourth-order valence-corrected chi connectivity index (χ4v) is 3.13. The van der Waals surface area contributed by atoms with Gasteiger partial charge in [-0.05, 0) is 54.6 Å². The van der Waals surface area contributed by atoms with Gasteiger partial charge in [-0.15, -0.1) is 0 Å². The first kappa shape index (κ1) is 18.1. The molecular formula is C21H21FN6. The van der Waals surface area contributed by atoms with Crippen molar-refractivity contribution in [3.63, 3.8) is 0 Å². The molecule has 0 amide bonds. The van der Waals surface area contributed by atoms with E-state index in [0.717, 1.165) is 46.9 Å². The summed E-state index contributed by atoms with van der Waals surface area (Å²) < 4.78 is 15.4. The third-order valence-electron chi connectivity index (χ3n) is 4.51. The second kappa shape index (κ2) is 7.74. The van der Waals surface area contributed by atoms with Crippen LogP contribution in [0.5, 0.6) is 0 Å². The minimum absolute atomic E-state index is 0.276. The summed E-state index contributed by atoms with van der Waals surface area (Å²) in [6.07, 6.45) is 3.71. The third kappa shape index (κ3) is 3.44. The predicted octanol–water partition coefficient (Wildman–Crippen LogP) is 3.75. The molecule has 1 aromatic carbocycles. The lowest BCUT2D eigenvalue weighted by Gasteiger charge is -2.07. The van der Waals surface area contributed by atoms with Crippen LogP contribution in [0.25, 0.3) is 28.3 Å². The van der Waals surface area contributed by atoms with Crippen LogP contribution in [0.3, 0.4) is 0 Å². The van der Waals surface area contributed by atoms with Gasteiger partial charge in [0, 0.05) is 31.5 Å². The molecule has 4 aromatic rings. The molecule has 0 aliphatic rings. The van der Waals surface area contributed by atoms with E-state index in [0.29, 0.717) is 5.95 Å². The Morgan fingerprint density at radius 1 is 1.07 bits per heavy atom. The summed E-state index contributed by atoms with van der Waals surface area (Å²) in [6, 6.07) is 12.3. The molecule has 28 heavy (non-hydrogen) atoms. The molecular weight excluding hydrogens is 355 g/mol. The van der Waals surface area contributed by atoms with Gasteiger partial charge in [0.05, 0.1) is 17.1 Å². The van der Waals surface area contributed by atoms with Crippen molar-refractivity contribution < 1.29 is 4.39 Å². The lowest BCUT2D eigenvalue weighted by Crippen LogP contribution is -2.11. The van der Waals surface area contributed by atoms with Gasteiger partial charge in [0.2, 0.25) is 5.95 Å². The molecule has 0 saturated heterocycles. The van der Waals surface area contributed by atoms with Crippen LogP contribution in [0, 0.1) is 5.82 Å². The van der Waals surface area contributed by atoms with Crippen molar-refractivity contribution in [2.75, 3.05) is 18.9 Å². The van der Waals surface area contributed by atoms with Gasteiger partial charge in [-0.2, -0.15) is 0 Å². The summed E-state index contributed by atoms with van der Waals surface area (Å²) >= 11 is 0. The molecule has 7 heteroatoms. The van der Waals surface area contributed by atoms with Crippen molar-refractivity contribution in [1.29, 1.82) is 0 Å². The number of pyridine rings is 1. The van der Waals surface area contributed by atoms with Gasteiger partial charge in [0.25, 0.3) is 0 Å². The Morgan fingerprint density at radius 2 is 1.89 bits per heavy atom. The van der Waals surface area contributed by atoms with E-state index < -0.39 is 0 Å². The maximum Gasteiger partial charge on any atom is 0.222 e. The lowest BCUT2D eigenvalue weighted by molar-refractivity contribution is 0.628. The Hall–Kier alpha value is -3.32. The second-order valence-corrected chi connectivity index (χ2v) is 6.37. The monoisotopic (exact) mass is 376 g/mol. The summed E-state index contributed by atoms with van der Waals surface area (Å²) in [4.78, 5) is 13.6. The first-order valence-electron chi connectivity index (χ1n) is 9.18. The zero-order chi connectivity index (χ0) is 19.5. The standard InChI is InChI=1S/C21H21FN6/c1-3-24-13-14-9-11-28-18(12-14)27-19(15-4-6-16(22)7-5-15)20(28)17-8-10-25-21(23-2)26-17/h4-12,24H,3,13H2,1-2H3,(H,23,25,26). The Bertz CT molecular complexity index is 1100. The minimum atomic E-state index is -0.276. The van der Waals surface area contributed by atoms with Crippen LogP contribution >= 0.6 is 0 Å². The highest BCUT2D eigenvalue weighted by molar-refractivity contribution is 5.80. The number of fused-ring (bicyclic) bond motifs is 1. The summed E-state index contributed by atoms with van der Waals surface area (Å²) in [5, 5.41) is 6.29. The number of nitrogens with one attached hydrogen (secondary N) is 2. The molecule has 3 heterocycles. The van der Waals surface area contributed by atoms with Crippen LogP contribution in [-0.2, 0) is 6.54 Å². The van der Waals surface area contributed by atoms with E-state index in [1.807, 2.05) is 16.7 Å². The molecule has 142 valence electrons. The van der Waals surface area contributed by atoms with E-state index in [1.54, 1.807) is 25.4 Å². The predicted molar refractivity (Wildman–Crippen MR) is 109 cm³/mol. The van der Waals surface area contributed by atoms with E-state index in [-0.39, 0.29) is 5.82 Å². The quantitative estimate of drug-likeness (QED) is 0.536.